The van der Waals surface area contributed by atoms with Crippen molar-refractivity contribution < 1.29 is 4.79 Å². The minimum atomic E-state index is -0.122. The second kappa shape index (κ2) is 4.09. The molecule has 1 atom stereocenters. The largest absolute Gasteiger partial charge is 0.340 e. The smallest absolute Gasteiger partial charge is 0.247 e. The lowest BCUT2D eigenvalue weighted by atomic mass is 10.0. The van der Waals surface area contributed by atoms with Crippen LogP contribution in [0.1, 0.15) is 26.7 Å². The van der Waals surface area contributed by atoms with Gasteiger partial charge in [-0.15, -0.1) is 0 Å². The van der Waals surface area contributed by atoms with Crippen LogP contribution in [0.2, 0.25) is 5.28 Å². The van der Waals surface area contributed by atoms with E-state index in [1.807, 2.05) is 0 Å². The van der Waals surface area contributed by atoms with Crippen LogP contribution in [-0.4, -0.2) is 28.0 Å². The van der Waals surface area contributed by atoms with E-state index in [9.17, 15) is 4.79 Å². The number of hydrogen-bond acceptors (Lipinski definition) is 4. The second-order valence-corrected chi connectivity index (χ2v) is 5.49. The highest BCUT2D eigenvalue weighted by atomic mass is 35.5. The Hall–Kier alpha value is -1.36. The molecular formula is C12H15ClN4O. The molecule has 1 amide bonds. The van der Waals surface area contributed by atoms with E-state index in [1.165, 1.54) is 0 Å². The Morgan fingerprint density at radius 1 is 1.50 bits per heavy atom. The number of carbonyl (C=O) groups excluding carboxylic acids is 1. The monoisotopic (exact) mass is 266 g/mol. The van der Waals surface area contributed by atoms with Crippen molar-refractivity contribution in [2.45, 2.75) is 38.8 Å². The summed E-state index contributed by atoms with van der Waals surface area (Å²) in [6.45, 7) is 4.13. The van der Waals surface area contributed by atoms with Crippen molar-refractivity contribution >= 4 is 29.0 Å². The van der Waals surface area contributed by atoms with Gasteiger partial charge < -0.3 is 10.2 Å². The highest BCUT2D eigenvalue weighted by molar-refractivity contribution is 6.28. The summed E-state index contributed by atoms with van der Waals surface area (Å²) in [5.74, 6) is 1.22. The quantitative estimate of drug-likeness (QED) is 0.833. The average Bonchev–Trinajstić information content (AvgIpc) is 3.11. The molecule has 0 unspecified atom stereocenters. The van der Waals surface area contributed by atoms with Crippen molar-refractivity contribution in [2.75, 3.05) is 10.2 Å². The predicted molar refractivity (Wildman–Crippen MR) is 69.8 cm³/mol. The topological polar surface area (TPSA) is 58.1 Å². The lowest BCUT2D eigenvalue weighted by Crippen LogP contribution is -2.53. The molecule has 1 N–H and O–H groups in total. The fourth-order valence-corrected chi connectivity index (χ4v) is 2.65. The third kappa shape index (κ3) is 1.82. The van der Waals surface area contributed by atoms with E-state index < -0.39 is 0 Å². The first-order valence-corrected chi connectivity index (χ1v) is 6.57. The van der Waals surface area contributed by atoms with Gasteiger partial charge in [0.25, 0.3) is 0 Å². The fraction of sp³-hybridized carbons (Fsp3) is 0.583. The summed E-state index contributed by atoms with van der Waals surface area (Å²) < 4.78 is 0. The van der Waals surface area contributed by atoms with Gasteiger partial charge in [-0.2, -0.15) is 4.98 Å². The van der Waals surface area contributed by atoms with Gasteiger partial charge in [0, 0.05) is 6.04 Å². The minimum absolute atomic E-state index is 0.0459. The van der Waals surface area contributed by atoms with Gasteiger partial charge in [-0.1, -0.05) is 0 Å². The summed E-state index contributed by atoms with van der Waals surface area (Å²) in [4.78, 5) is 22.5. The van der Waals surface area contributed by atoms with Gasteiger partial charge in [-0.3, -0.25) is 4.79 Å². The molecule has 1 fully saturated rings. The number of nitrogens with one attached hydrogen (secondary N) is 1. The number of hydrogen-bond donors (Lipinski definition) is 1. The molecule has 0 radical (unpaired) electrons. The zero-order valence-electron chi connectivity index (χ0n) is 10.4. The molecule has 1 saturated carbocycles. The Bertz CT molecular complexity index is 501. The van der Waals surface area contributed by atoms with Gasteiger partial charge in [-0.05, 0) is 44.2 Å². The Morgan fingerprint density at radius 3 is 2.83 bits per heavy atom. The molecule has 3 rings (SSSR count). The van der Waals surface area contributed by atoms with Gasteiger partial charge in [0.15, 0.2) is 5.82 Å². The summed E-state index contributed by atoms with van der Waals surface area (Å²) in [6, 6.07) is 0.0785. The van der Waals surface area contributed by atoms with Crippen molar-refractivity contribution in [3.05, 3.63) is 11.5 Å². The highest BCUT2D eigenvalue weighted by Crippen LogP contribution is 2.42. The van der Waals surface area contributed by atoms with E-state index in [0.717, 1.165) is 18.7 Å². The average molecular weight is 267 g/mol. The lowest BCUT2D eigenvalue weighted by molar-refractivity contribution is -0.118. The molecule has 2 aliphatic rings. The molecule has 2 heterocycles. The zero-order valence-corrected chi connectivity index (χ0v) is 11.1. The van der Waals surface area contributed by atoms with Crippen LogP contribution in [0.15, 0.2) is 6.20 Å². The van der Waals surface area contributed by atoms with Gasteiger partial charge in [0.1, 0.15) is 11.7 Å². The molecule has 6 heteroatoms. The molecule has 18 heavy (non-hydrogen) atoms. The third-order valence-electron chi connectivity index (χ3n) is 3.43. The summed E-state index contributed by atoms with van der Waals surface area (Å²) in [5, 5.41) is 3.09. The van der Waals surface area contributed by atoms with Crippen molar-refractivity contribution in [3.63, 3.8) is 0 Å². The van der Waals surface area contributed by atoms with E-state index >= 15 is 0 Å². The number of fused-ring (bicyclic) bond motifs is 1. The Kier molecular flexibility index (Phi) is 2.66. The summed E-state index contributed by atoms with van der Waals surface area (Å²) >= 11 is 5.86. The SMILES string of the molecule is CC(C)N1c2nc(Cl)ncc2NC(=O)[C@H]1C1CC1. The molecular weight excluding hydrogens is 252 g/mol. The third-order valence-corrected chi connectivity index (χ3v) is 3.62. The number of halogens is 1. The molecule has 0 bridgehead atoms. The summed E-state index contributed by atoms with van der Waals surface area (Å²) in [7, 11) is 0. The van der Waals surface area contributed by atoms with E-state index in [0.29, 0.717) is 11.6 Å². The molecule has 1 aliphatic heterocycles. The van der Waals surface area contributed by atoms with Gasteiger partial charge in [0.2, 0.25) is 11.2 Å². The van der Waals surface area contributed by atoms with Crippen LogP contribution in [0.5, 0.6) is 0 Å². The first-order chi connectivity index (χ1) is 8.58. The molecule has 1 aromatic rings. The van der Waals surface area contributed by atoms with Crippen LogP contribution in [0.4, 0.5) is 11.5 Å². The molecule has 0 spiro atoms. The van der Waals surface area contributed by atoms with E-state index in [1.54, 1.807) is 6.20 Å². The van der Waals surface area contributed by atoms with Gasteiger partial charge >= 0.3 is 0 Å². The highest BCUT2D eigenvalue weighted by Gasteiger charge is 2.45. The Labute approximate surface area is 111 Å². The maximum atomic E-state index is 12.2. The van der Waals surface area contributed by atoms with Crippen LogP contribution in [0.3, 0.4) is 0 Å². The fourth-order valence-electron chi connectivity index (χ4n) is 2.52. The van der Waals surface area contributed by atoms with Crippen LogP contribution >= 0.6 is 11.6 Å². The Balaban J connectivity index is 2.08. The van der Waals surface area contributed by atoms with Gasteiger partial charge in [-0.25, -0.2) is 4.98 Å². The first kappa shape index (κ1) is 11.7. The second-order valence-electron chi connectivity index (χ2n) is 5.15. The molecule has 1 aromatic heterocycles. The summed E-state index contributed by atoms with van der Waals surface area (Å²) in [6.07, 6.45) is 3.78. The number of rotatable bonds is 2. The van der Waals surface area contributed by atoms with Crippen molar-refractivity contribution in [1.29, 1.82) is 0 Å². The molecule has 0 saturated heterocycles. The van der Waals surface area contributed by atoms with Crippen LogP contribution in [-0.2, 0) is 4.79 Å². The zero-order chi connectivity index (χ0) is 12.9. The Morgan fingerprint density at radius 2 is 2.22 bits per heavy atom. The van der Waals surface area contributed by atoms with Crippen LogP contribution in [0, 0.1) is 5.92 Å². The standard InChI is InChI=1S/C12H15ClN4O/c1-6(2)17-9(7-3-4-7)11(18)15-8-5-14-12(13)16-10(8)17/h5-7,9H,3-4H2,1-2H3,(H,15,18)/t9-/m1/s1. The number of carbonyl (C=O) groups is 1. The molecule has 0 aromatic carbocycles. The number of aromatic nitrogens is 2. The van der Waals surface area contributed by atoms with E-state index in [-0.39, 0.29) is 23.3 Å². The maximum absolute atomic E-state index is 12.2. The number of amides is 1. The molecule has 96 valence electrons. The maximum Gasteiger partial charge on any atom is 0.247 e. The van der Waals surface area contributed by atoms with Crippen LogP contribution in [0.25, 0.3) is 0 Å². The number of anilines is 2. The lowest BCUT2D eigenvalue weighted by Gasteiger charge is -2.39. The van der Waals surface area contributed by atoms with Crippen molar-refractivity contribution in [3.8, 4) is 0 Å². The van der Waals surface area contributed by atoms with Gasteiger partial charge in [0.05, 0.1) is 6.20 Å². The van der Waals surface area contributed by atoms with Crippen LogP contribution < -0.4 is 10.2 Å². The number of nitrogens with zero attached hydrogens (tertiary/aromatic N) is 3. The molecule has 1 aliphatic carbocycles. The normalized spacial score (nSPS) is 23.0. The first-order valence-electron chi connectivity index (χ1n) is 6.19. The van der Waals surface area contributed by atoms with E-state index in [4.69, 9.17) is 11.6 Å². The van der Waals surface area contributed by atoms with E-state index in [2.05, 4.69) is 34.0 Å². The van der Waals surface area contributed by atoms with Crippen molar-refractivity contribution in [1.82, 2.24) is 9.97 Å². The minimum Gasteiger partial charge on any atom is -0.340 e. The van der Waals surface area contributed by atoms with Crippen molar-refractivity contribution in [2.24, 2.45) is 5.92 Å². The molecule has 5 nitrogen and oxygen atoms in total. The predicted octanol–water partition coefficient (Wildman–Crippen LogP) is 2.08. The summed E-state index contributed by atoms with van der Waals surface area (Å²) in [5.41, 5.74) is 0.648.